The third-order valence-electron chi connectivity index (χ3n) is 4.05. The molecule has 104 valence electrons. The molecule has 0 atom stereocenters. The van der Waals surface area contributed by atoms with Crippen molar-refractivity contribution in [3.63, 3.8) is 0 Å². The van der Waals surface area contributed by atoms with Crippen molar-refractivity contribution >= 4 is 6.03 Å². The lowest BCUT2D eigenvalue weighted by molar-refractivity contribution is 0.0542. The molecule has 0 aromatic carbocycles. The molecule has 4 nitrogen and oxygen atoms in total. The van der Waals surface area contributed by atoms with Crippen molar-refractivity contribution < 1.29 is 4.79 Å². The molecular weight excluding hydrogens is 226 g/mol. The van der Waals surface area contributed by atoms with Crippen LogP contribution in [-0.2, 0) is 0 Å². The number of nitrogens with zero attached hydrogens (tertiary/aromatic N) is 1. The van der Waals surface area contributed by atoms with Gasteiger partial charge < -0.3 is 15.5 Å². The highest BCUT2D eigenvalue weighted by molar-refractivity contribution is 5.76. The van der Waals surface area contributed by atoms with Crippen LogP contribution in [0.5, 0.6) is 0 Å². The molecule has 0 unspecified atom stereocenters. The van der Waals surface area contributed by atoms with E-state index >= 15 is 0 Å². The van der Waals surface area contributed by atoms with E-state index in [-0.39, 0.29) is 17.1 Å². The first-order valence-corrected chi connectivity index (χ1v) is 7.24. The molecule has 2 rings (SSSR count). The lowest BCUT2D eigenvalue weighted by atomic mass is 9.79. The van der Waals surface area contributed by atoms with E-state index in [9.17, 15) is 4.79 Å². The van der Waals surface area contributed by atoms with Crippen molar-refractivity contribution in [1.29, 1.82) is 0 Å². The number of carbonyl (C=O) groups excluding carboxylic acids is 1. The number of hydrogen-bond donors (Lipinski definition) is 2. The van der Waals surface area contributed by atoms with Crippen molar-refractivity contribution in [2.45, 2.75) is 64.0 Å². The van der Waals surface area contributed by atoms with Crippen LogP contribution in [0.3, 0.4) is 0 Å². The van der Waals surface area contributed by atoms with Crippen LogP contribution >= 0.6 is 0 Å². The summed E-state index contributed by atoms with van der Waals surface area (Å²) in [5, 5.41) is 6.59. The molecule has 2 N–H and O–H groups in total. The maximum absolute atomic E-state index is 12.5. The van der Waals surface area contributed by atoms with Crippen LogP contribution in [0, 0.1) is 0 Å². The molecule has 1 spiro atoms. The summed E-state index contributed by atoms with van der Waals surface area (Å²) in [6.07, 6.45) is 6.12. The number of carbonyl (C=O) groups is 1. The van der Waals surface area contributed by atoms with Gasteiger partial charge in [0.1, 0.15) is 0 Å². The van der Waals surface area contributed by atoms with E-state index < -0.39 is 0 Å². The fraction of sp³-hybridized carbons (Fsp3) is 0.929. The van der Waals surface area contributed by atoms with Crippen LogP contribution in [0.15, 0.2) is 0 Å². The normalized spacial score (nSPS) is 24.1. The Bertz CT molecular complexity index is 294. The second-order valence-corrected chi connectivity index (χ2v) is 6.79. The van der Waals surface area contributed by atoms with Gasteiger partial charge in [0.05, 0.1) is 5.54 Å². The standard InChI is InChI=1S/C14H27N3O/c1-13(2,3)16-12(18)17-10-9-15-11-14(17)7-5-4-6-8-14/h15H,4-11H2,1-3H3,(H,16,18). The molecule has 0 aromatic rings. The summed E-state index contributed by atoms with van der Waals surface area (Å²) in [7, 11) is 0. The number of urea groups is 1. The Morgan fingerprint density at radius 2 is 1.89 bits per heavy atom. The van der Waals surface area contributed by atoms with Crippen LogP contribution in [0.1, 0.15) is 52.9 Å². The van der Waals surface area contributed by atoms with E-state index in [1.165, 1.54) is 19.3 Å². The van der Waals surface area contributed by atoms with Crippen LogP contribution in [0.2, 0.25) is 0 Å². The van der Waals surface area contributed by atoms with Crippen molar-refractivity contribution in [2.24, 2.45) is 0 Å². The second kappa shape index (κ2) is 5.08. The lowest BCUT2D eigenvalue weighted by Gasteiger charge is -2.50. The lowest BCUT2D eigenvalue weighted by Crippen LogP contribution is -2.66. The molecule has 1 aliphatic heterocycles. The van der Waals surface area contributed by atoms with Crippen LogP contribution in [0.25, 0.3) is 0 Å². The van der Waals surface area contributed by atoms with Gasteiger partial charge in [-0.3, -0.25) is 0 Å². The van der Waals surface area contributed by atoms with Gasteiger partial charge in [-0.2, -0.15) is 0 Å². The maximum Gasteiger partial charge on any atom is 0.318 e. The topological polar surface area (TPSA) is 44.4 Å². The number of rotatable bonds is 0. The molecule has 18 heavy (non-hydrogen) atoms. The Kier molecular flexibility index (Phi) is 3.85. The minimum atomic E-state index is -0.155. The minimum Gasteiger partial charge on any atom is -0.333 e. The van der Waals surface area contributed by atoms with Gasteiger partial charge >= 0.3 is 6.03 Å². The van der Waals surface area contributed by atoms with Crippen LogP contribution in [0.4, 0.5) is 4.79 Å². The quantitative estimate of drug-likeness (QED) is 0.694. The van der Waals surface area contributed by atoms with Gasteiger partial charge in [0.25, 0.3) is 0 Å². The zero-order chi connectivity index (χ0) is 13.2. The first kappa shape index (κ1) is 13.7. The third kappa shape index (κ3) is 2.97. The molecule has 1 aliphatic carbocycles. The van der Waals surface area contributed by atoms with E-state index in [4.69, 9.17) is 0 Å². The van der Waals surface area contributed by atoms with Gasteiger partial charge in [-0.05, 0) is 33.6 Å². The van der Waals surface area contributed by atoms with E-state index in [1.54, 1.807) is 0 Å². The monoisotopic (exact) mass is 253 g/mol. The van der Waals surface area contributed by atoms with E-state index in [0.29, 0.717) is 0 Å². The number of piperazine rings is 1. The molecule has 2 fully saturated rings. The molecular formula is C14H27N3O. The zero-order valence-corrected chi connectivity index (χ0v) is 12.0. The van der Waals surface area contributed by atoms with Crippen molar-refractivity contribution in [2.75, 3.05) is 19.6 Å². The largest absolute Gasteiger partial charge is 0.333 e. The number of hydrogen-bond acceptors (Lipinski definition) is 2. The Balaban J connectivity index is 2.10. The summed E-state index contributed by atoms with van der Waals surface area (Å²) in [5.41, 5.74) is -0.0797. The molecule has 0 bridgehead atoms. The first-order chi connectivity index (χ1) is 8.43. The summed E-state index contributed by atoms with van der Waals surface area (Å²) >= 11 is 0. The summed E-state index contributed by atoms with van der Waals surface area (Å²) in [5.74, 6) is 0. The van der Waals surface area contributed by atoms with Gasteiger partial charge in [0.2, 0.25) is 0 Å². The number of nitrogens with one attached hydrogen (secondary N) is 2. The highest BCUT2D eigenvalue weighted by Crippen LogP contribution is 2.34. The highest BCUT2D eigenvalue weighted by Gasteiger charge is 2.42. The van der Waals surface area contributed by atoms with E-state index in [2.05, 4.69) is 15.5 Å². The summed E-state index contributed by atoms with van der Waals surface area (Å²) in [6.45, 7) is 8.84. The van der Waals surface area contributed by atoms with Crippen molar-refractivity contribution in [3.05, 3.63) is 0 Å². The molecule has 1 heterocycles. The smallest absolute Gasteiger partial charge is 0.318 e. The van der Waals surface area contributed by atoms with Crippen molar-refractivity contribution in [1.82, 2.24) is 15.5 Å². The summed E-state index contributed by atoms with van der Waals surface area (Å²) in [6, 6.07) is 0.117. The van der Waals surface area contributed by atoms with E-state index in [1.807, 2.05) is 20.8 Å². The predicted molar refractivity (Wildman–Crippen MR) is 73.7 cm³/mol. The average Bonchev–Trinajstić information content (AvgIpc) is 2.28. The average molecular weight is 253 g/mol. The van der Waals surface area contributed by atoms with Gasteiger partial charge in [0, 0.05) is 25.2 Å². The Morgan fingerprint density at radius 1 is 1.22 bits per heavy atom. The Labute approximate surface area is 110 Å². The minimum absolute atomic E-state index is 0.0752. The van der Waals surface area contributed by atoms with E-state index in [0.717, 1.165) is 32.5 Å². The van der Waals surface area contributed by atoms with Crippen molar-refractivity contribution in [3.8, 4) is 0 Å². The summed E-state index contributed by atoms with van der Waals surface area (Å²) in [4.78, 5) is 14.6. The van der Waals surface area contributed by atoms with Crippen LogP contribution in [-0.4, -0.2) is 41.6 Å². The SMILES string of the molecule is CC(C)(C)NC(=O)N1CCNCC12CCCCC2. The third-order valence-corrected chi connectivity index (χ3v) is 4.05. The van der Waals surface area contributed by atoms with Gasteiger partial charge in [-0.15, -0.1) is 0 Å². The maximum atomic E-state index is 12.5. The van der Waals surface area contributed by atoms with Gasteiger partial charge in [-0.1, -0.05) is 19.3 Å². The molecule has 2 amide bonds. The molecule has 2 aliphatic rings. The summed E-state index contributed by atoms with van der Waals surface area (Å²) < 4.78 is 0. The Morgan fingerprint density at radius 3 is 2.50 bits per heavy atom. The molecule has 0 aromatic heterocycles. The number of amides is 2. The predicted octanol–water partition coefficient (Wildman–Crippen LogP) is 2.10. The molecule has 1 saturated heterocycles. The molecule has 1 saturated carbocycles. The Hall–Kier alpha value is -0.770. The second-order valence-electron chi connectivity index (χ2n) is 6.79. The van der Waals surface area contributed by atoms with Crippen LogP contribution < -0.4 is 10.6 Å². The van der Waals surface area contributed by atoms with Gasteiger partial charge in [-0.25, -0.2) is 4.79 Å². The van der Waals surface area contributed by atoms with Gasteiger partial charge in [0.15, 0.2) is 0 Å². The molecule has 0 radical (unpaired) electrons. The highest BCUT2D eigenvalue weighted by atomic mass is 16.2. The molecule has 4 heteroatoms. The first-order valence-electron chi connectivity index (χ1n) is 7.24. The zero-order valence-electron chi connectivity index (χ0n) is 12.0. The fourth-order valence-electron chi connectivity index (χ4n) is 3.21. The fourth-order valence-corrected chi connectivity index (χ4v) is 3.21.